The van der Waals surface area contributed by atoms with Gasteiger partial charge in [0.05, 0.1) is 19.0 Å². The highest BCUT2D eigenvalue weighted by Crippen LogP contribution is 2.26. The third kappa shape index (κ3) is 7.49. The summed E-state index contributed by atoms with van der Waals surface area (Å²) in [6.07, 6.45) is -2.84. The molecule has 0 saturated carbocycles. The number of alkyl halides is 3. The molecule has 3 rings (SSSR count). The van der Waals surface area contributed by atoms with E-state index < -0.39 is 22.2 Å². The molecule has 1 aromatic rings. The van der Waals surface area contributed by atoms with Crippen molar-refractivity contribution in [1.29, 1.82) is 0 Å². The van der Waals surface area contributed by atoms with Crippen LogP contribution in [0.1, 0.15) is 12.0 Å². The number of sulfonamides is 1. The lowest BCUT2D eigenvalue weighted by Crippen LogP contribution is -2.47. The maximum atomic E-state index is 13.0. The minimum Gasteiger partial charge on any atom is -0.475 e. The highest BCUT2D eigenvalue weighted by molar-refractivity contribution is 7.88. The molecule has 170 valence electrons. The quantitative estimate of drug-likeness (QED) is 0.700. The number of carboxylic acid groups (broad SMARTS) is 1. The van der Waals surface area contributed by atoms with Crippen molar-refractivity contribution in [1.82, 2.24) is 9.21 Å². The first-order valence-electron chi connectivity index (χ1n) is 9.20. The van der Waals surface area contributed by atoms with Gasteiger partial charge in [-0.3, -0.25) is 4.90 Å². The summed E-state index contributed by atoms with van der Waals surface area (Å²) in [5.74, 6) is -2.73. The van der Waals surface area contributed by atoms with E-state index >= 15 is 0 Å². The Morgan fingerprint density at radius 1 is 1.20 bits per heavy atom. The number of rotatable bonds is 3. The van der Waals surface area contributed by atoms with E-state index in [9.17, 15) is 26.0 Å². The average Bonchev–Trinajstić information content (AvgIpc) is 2.85. The van der Waals surface area contributed by atoms with Gasteiger partial charge in [-0.1, -0.05) is 12.1 Å². The monoisotopic (exact) mass is 456 g/mol. The molecule has 1 aromatic carbocycles. The van der Waals surface area contributed by atoms with E-state index in [1.807, 2.05) is 0 Å². The van der Waals surface area contributed by atoms with Gasteiger partial charge in [-0.2, -0.15) is 17.5 Å². The number of ether oxygens (including phenoxy) is 1. The molecule has 0 spiro atoms. The number of piperidine rings is 1. The van der Waals surface area contributed by atoms with Gasteiger partial charge in [0.2, 0.25) is 10.0 Å². The van der Waals surface area contributed by atoms with Crippen LogP contribution in [0.25, 0.3) is 0 Å². The fraction of sp³-hybridized carbons (Fsp3) is 0.611. The molecule has 0 radical (unpaired) electrons. The summed E-state index contributed by atoms with van der Waals surface area (Å²) in [6, 6.07) is 6.57. The zero-order chi connectivity index (χ0) is 22.5. The summed E-state index contributed by atoms with van der Waals surface area (Å²) in [5, 5.41) is 7.12. The van der Waals surface area contributed by atoms with E-state index in [4.69, 9.17) is 14.6 Å². The predicted molar refractivity (Wildman–Crippen MR) is 99.6 cm³/mol. The number of carboxylic acids is 1. The Kier molecular flexibility index (Phi) is 8.20. The summed E-state index contributed by atoms with van der Waals surface area (Å²) in [5.41, 5.74) is 1.08. The molecular weight excluding hydrogens is 432 g/mol. The number of aliphatic carboxylic acids is 1. The van der Waals surface area contributed by atoms with E-state index in [1.54, 1.807) is 12.1 Å². The van der Waals surface area contributed by atoms with Gasteiger partial charge < -0.3 is 9.84 Å². The van der Waals surface area contributed by atoms with Gasteiger partial charge in [-0.15, -0.1) is 0 Å². The molecule has 2 saturated heterocycles. The summed E-state index contributed by atoms with van der Waals surface area (Å²) in [7, 11) is -3.16. The Bertz CT molecular complexity index is 817. The Hall–Kier alpha value is -1.76. The smallest absolute Gasteiger partial charge is 0.475 e. The van der Waals surface area contributed by atoms with Crippen molar-refractivity contribution >= 4 is 16.0 Å². The van der Waals surface area contributed by atoms with Crippen LogP contribution in [0.15, 0.2) is 24.3 Å². The number of likely N-dealkylation sites (tertiary alicyclic amines) is 1. The Balaban J connectivity index is 0.000000396. The van der Waals surface area contributed by atoms with Gasteiger partial charge in [-0.25, -0.2) is 17.6 Å². The molecule has 7 nitrogen and oxygen atoms in total. The maximum Gasteiger partial charge on any atom is 0.490 e. The number of nitrogens with zero attached hydrogens (tertiary/aromatic N) is 2. The molecule has 0 bridgehead atoms. The lowest BCUT2D eigenvalue weighted by atomic mass is 9.93. The number of carbonyl (C=O) groups is 1. The minimum atomic E-state index is -5.08. The molecule has 30 heavy (non-hydrogen) atoms. The standard InChI is InChI=1S/C16H23FN2O3S.C2HF3O2/c1-23(20,21)19-8-9-22-16-12-18(7-6-14(16)11-19)10-13-2-4-15(17)5-3-13;3-2(4,5)1(6)7/h2-5,14,16H,6-12H2,1H3;(H,6,7)/t14-,16-;/m1./s1. The SMILES string of the molecule is CS(=O)(=O)N1CCO[C@@H]2CN(Cc3ccc(F)cc3)CC[C@@H]2C1.O=C(O)C(F)(F)F. The molecule has 12 heteroatoms. The lowest BCUT2D eigenvalue weighted by molar-refractivity contribution is -0.192. The van der Waals surface area contributed by atoms with Crippen molar-refractivity contribution in [3.63, 3.8) is 0 Å². The molecule has 0 amide bonds. The second-order valence-electron chi connectivity index (χ2n) is 7.24. The van der Waals surface area contributed by atoms with E-state index in [-0.39, 0.29) is 17.8 Å². The maximum absolute atomic E-state index is 13.0. The first-order valence-corrected chi connectivity index (χ1v) is 11.0. The van der Waals surface area contributed by atoms with Gasteiger partial charge in [0.1, 0.15) is 5.82 Å². The summed E-state index contributed by atoms with van der Waals surface area (Å²) in [4.78, 5) is 11.2. The van der Waals surface area contributed by atoms with Gasteiger partial charge in [-0.05, 0) is 30.7 Å². The van der Waals surface area contributed by atoms with E-state index in [0.717, 1.165) is 31.6 Å². The van der Waals surface area contributed by atoms with Gasteiger partial charge in [0.25, 0.3) is 0 Å². The third-order valence-electron chi connectivity index (χ3n) is 4.92. The molecule has 2 aliphatic heterocycles. The van der Waals surface area contributed by atoms with Crippen LogP contribution in [0.2, 0.25) is 0 Å². The first-order chi connectivity index (χ1) is 13.9. The Morgan fingerprint density at radius 2 is 1.80 bits per heavy atom. The normalized spacial score (nSPS) is 23.6. The van der Waals surface area contributed by atoms with Crippen LogP contribution in [0.3, 0.4) is 0 Å². The van der Waals surface area contributed by atoms with Crippen molar-refractivity contribution in [3.8, 4) is 0 Å². The molecule has 1 N–H and O–H groups in total. The summed E-state index contributed by atoms with van der Waals surface area (Å²) in [6.45, 7) is 3.89. The second kappa shape index (κ2) is 10.0. The topological polar surface area (TPSA) is 87.2 Å². The zero-order valence-electron chi connectivity index (χ0n) is 16.3. The fourth-order valence-corrected chi connectivity index (χ4v) is 4.25. The van der Waals surface area contributed by atoms with Crippen LogP contribution in [-0.2, 0) is 26.1 Å². The molecule has 0 aliphatic carbocycles. The average molecular weight is 456 g/mol. The molecule has 2 aliphatic rings. The van der Waals surface area contributed by atoms with Crippen LogP contribution >= 0.6 is 0 Å². The highest BCUT2D eigenvalue weighted by Gasteiger charge is 2.38. The Morgan fingerprint density at radius 3 is 2.33 bits per heavy atom. The number of hydrogen-bond donors (Lipinski definition) is 1. The molecule has 2 heterocycles. The van der Waals surface area contributed by atoms with E-state index in [2.05, 4.69) is 4.90 Å². The molecule has 0 unspecified atom stereocenters. The Labute approximate surface area is 172 Å². The van der Waals surface area contributed by atoms with Crippen molar-refractivity contribution in [3.05, 3.63) is 35.6 Å². The number of benzene rings is 1. The van der Waals surface area contributed by atoms with Crippen molar-refractivity contribution in [2.24, 2.45) is 5.92 Å². The molecule has 2 atom stereocenters. The van der Waals surface area contributed by atoms with Crippen molar-refractivity contribution in [2.75, 3.05) is 39.0 Å². The van der Waals surface area contributed by atoms with Gasteiger partial charge in [0, 0.05) is 32.1 Å². The van der Waals surface area contributed by atoms with Gasteiger partial charge >= 0.3 is 12.1 Å². The lowest BCUT2D eigenvalue weighted by Gasteiger charge is -2.37. The van der Waals surface area contributed by atoms with Crippen LogP contribution in [0, 0.1) is 11.7 Å². The number of hydrogen-bond acceptors (Lipinski definition) is 5. The largest absolute Gasteiger partial charge is 0.490 e. The van der Waals surface area contributed by atoms with Crippen LogP contribution < -0.4 is 0 Å². The van der Waals surface area contributed by atoms with Crippen molar-refractivity contribution < 1.29 is 40.6 Å². The van der Waals surface area contributed by atoms with Crippen LogP contribution in [0.4, 0.5) is 17.6 Å². The van der Waals surface area contributed by atoms with E-state index in [1.165, 1.54) is 22.7 Å². The summed E-state index contributed by atoms with van der Waals surface area (Å²) >= 11 is 0. The second-order valence-corrected chi connectivity index (χ2v) is 9.23. The third-order valence-corrected chi connectivity index (χ3v) is 6.19. The molecule has 2 fully saturated rings. The minimum absolute atomic E-state index is 0.0657. The number of fused-ring (bicyclic) bond motifs is 1. The summed E-state index contributed by atoms with van der Waals surface area (Å²) < 4.78 is 75.7. The highest BCUT2D eigenvalue weighted by atomic mass is 32.2. The molecular formula is C18H24F4N2O5S. The van der Waals surface area contributed by atoms with Crippen molar-refractivity contribution in [2.45, 2.75) is 25.2 Å². The van der Waals surface area contributed by atoms with Crippen LogP contribution in [0.5, 0.6) is 0 Å². The predicted octanol–water partition coefficient (Wildman–Crippen LogP) is 1.94. The van der Waals surface area contributed by atoms with Crippen LogP contribution in [-0.4, -0.2) is 80.0 Å². The zero-order valence-corrected chi connectivity index (χ0v) is 17.1. The van der Waals surface area contributed by atoms with Gasteiger partial charge in [0.15, 0.2) is 0 Å². The van der Waals surface area contributed by atoms with E-state index in [0.29, 0.717) is 19.7 Å². The first kappa shape index (κ1) is 24.5. The number of halogens is 4. The molecule has 0 aromatic heterocycles. The fourth-order valence-electron chi connectivity index (χ4n) is 3.38.